The molecule has 4 nitrogen and oxygen atoms in total. The molecular weight excluding hydrogens is 216 g/mol. The van der Waals surface area contributed by atoms with Gasteiger partial charge in [0.2, 0.25) is 0 Å². The van der Waals surface area contributed by atoms with E-state index in [0.717, 1.165) is 24.5 Å². The van der Waals surface area contributed by atoms with Crippen molar-refractivity contribution in [3.05, 3.63) is 29.6 Å². The first-order chi connectivity index (χ1) is 8.06. The number of hydrogen-bond donors (Lipinski definition) is 1. The van der Waals surface area contributed by atoms with Crippen molar-refractivity contribution in [3.63, 3.8) is 0 Å². The molecule has 1 aromatic rings. The highest BCUT2D eigenvalue weighted by atomic mass is 16.4. The smallest absolute Gasteiger partial charge is 0.308 e. The number of aliphatic carboxylic acids is 1. The van der Waals surface area contributed by atoms with Crippen molar-refractivity contribution < 1.29 is 9.90 Å². The van der Waals surface area contributed by atoms with Gasteiger partial charge < -0.3 is 5.11 Å². The number of carboxylic acid groups (broad SMARTS) is 1. The van der Waals surface area contributed by atoms with Crippen molar-refractivity contribution in [1.29, 1.82) is 0 Å². The van der Waals surface area contributed by atoms with Gasteiger partial charge in [-0.3, -0.25) is 14.7 Å². The van der Waals surface area contributed by atoms with Gasteiger partial charge in [0.1, 0.15) is 0 Å². The molecule has 1 N–H and O–H groups in total. The van der Waals surface area contributed by atoms with Crippen LogP contribution in [0.4, 0.5) is 0 Å². The van der Waals surface area contributed by atoms with Gasteiger partial charge in [-0.15, -0.1) is 0 Å². The van der Waals surface area contributed by atoms with Crippen molar-refractivity contribution in [2.75, 3.05) is 13.1 Å². The van der Waals surface area contributed by atoms with Gasteiger partial charge in [-0.05, 0) is 25.0 Å². The molecule has 1 fully saturated rings. The van der Waals surface area contributed by atoms with Crippen molar-refractivity contribution in [2.45, 2.75) is 20.4 Å². The fourth-order valence-corrected chi connectivity index (χ4v) is 2.43. The van der Waals surface area contributed by atoms with Gasteiger partial charge in [-0.1, -0.05) is 13.0 Å². The first kappa shape index (κ1) is 12.0. The molecule has 1 aliphatic heterocycles. The fraction of sp³-hybridized carbons (Fsp3) is 0.538. The Balaban J connectivity index is 2.00. The molecular formula is C13H18N2O2. The maximum absolute atomic E-state index is 11.0. The first-order valence-corrected chi connectivity index (χ1v) is 5.94. The molecule has 0 bridgehead atoms. The third kappa shape index (κ3) is 2.82. The Morgan fingerprint density at radius 1 is 1.53 bits per heavy atom. The molecule has 0 saturated carbocycles. The Hall–Kier alpha value is -1.42. The number of likely N-dealkylation sites (tertiary alicyclic amines) is 1. The summed E-state index contributed by atoms with van der Waals surface area (Å²) < 4.78 is 0. The van der Waals surface area contributed by atoms with Crippen LogP contribution in [0.15, 0.2) is 18.2 Å². The summed E-state index contributed by atoms with van der Waals surface area (Å²) in [6.07, 6.45) is 0. The van der Waals surface area contributed by atoms with Crippen molar-refractivity contribution in [2.24, 2.45) is 11.8 Å². The summed E-state index contributed by atoms with van der Waals surface area (Å²) in [4.78, 5) is 17.6. The molecule has 0 aliphatic carbocycles. The molecule has 17 heavy (non-hydrogen) atoms. The zero-order chi connectivity index (χ0) is 12.4. The van der Waals surface area contributed by atoms with E-state index in [1.165, 1.54) is 0 Å². The third-order valence-corrected chi connectivity index (χ3v) is 3.34. The Labute approximate surface area is 101 Å². The lowest BCUT2D eigenvalue weighted by molar-refractivity contribution is -0.142. The molecule has 0 radical (unpaired) electrons. The predicted molar refractivity (Wildman–Crippen MR) is 64.5 cm³/mol. The maximum atomic E-state index is 11.0. The summed E-state index contributed by atoms with van der Waals surface area (Å²) in [5.41, 5.74) is 2.02. The van der Waals surface area contributed by atoms with Crippen LogP contribution in [0.25, 0.3) is 0 Å². The Morgan fingerprint density at radius 2 is 2.29 bits per heavy atom. The van der Waals surface area contributed by atoms with Crippen molar-refractivity contribution >= 4 is 5.97 Å². The molecule has 4 heteroatoms. The standard InChI is InChI=1S/C13H18N2O2/c1-9-6-15(8-12(9)13(16)17)7-11-5-3-4-10(2)14-11/h3-5,9,12H,6-8H2,1-2H3,(H,16,17). The van der Waals surface area contributed by atoms with Crippen LogP contribution in [0.1, 0.15) is 18.3 Å². The zero-order valence-electron chi connectivity index (χ0n) is 10.3. The largest absolute Gasteiger partial charge is 0.481 e. The molecule has 2 atom stereocenters. The average molecular weight is 234 g/mol. The summed E-state index contributed by atoms with van der Waals surface area (Å²) in [7, 11) is 0. The predicted octanol–water partition coefficient (Wildman–Crippen LogP) is 1.54. The molecule has 0 spiro atoms. The number of hydrogen-bond acceptors (Lipinski definition) is 3. The van der Waals surface area contributed by atoms with Crippen LogP contribution < -0.4 is 0 Å². The second-order valence-electron chi connectivity index (χ2n) is 4.89. The minimum absolute atomic E-state index is 0.220. The van der Waals surface area contributed by atoms with Crippen LogP contribution in [-0.2, 0) is 11.3 Å². The number of aryl methyl sites for hydroxylation is 1. The molecule has 2 unspecified atom stereocenters. The van der Waals surface area contributed by atoms with Crippen LogP contribution >= 0.6 is 0 Å². The highest BCUT2D eigenvalue weighted by Crippen LogP contribution is 2.24. The number of aromatic nitrogens is 1. The lowest BCUT2D eigenvalue weighted by atomic mass is 9.99. The minimum atomic E-state index is -0.683. The van der Waals surface area contributed by atoms with E-state index in [4.69, 9.17) is 5.11 Å². The fourth-order valence-electron chi connectivity index (χ4n) is 2.43. The Morgan fingerprint density at radius 3 is 2.88 bits per heavy atom. The van der Waals surface area contributed by atoms with Gasteiger partial charge in [0.05, 0.1) is 11.6 Å². The molecule has 2 rings (SSSR count). The van der Waals surface area contributed by atoms with Gasteiger partial charge in [0.25, 0.3) is 0 Å². The molecule has 0 aromatic carbocycles. The van der Waals surface area contributed by atoms with Crippen molar-refractivity contribution in [3.8, 4) is 0 Å². The molecule has 0 amide bonds. The Kier molecular flexibility index (Phi) is 3.43. The second kappa shape index (κ2) is 4.84. The van der Waals surface area contributed by atoms with Gasteiger partial charge in [-0.25, -0.2) is 0 Å². The normalized spacial score (nSPS) is 25.1. The van der Waals surface area contributed by atoms with Gasteiger partial charge in [0.15, 0.2) is 0 Å². The SMILES string of the molecule is Cc1cccc(CN2CC(C)C(C(=O)O)C2)n1. The maximum Gasteiger partial charge on any atom is 0.308 e. The van der Waals surface area contributed by atoms with Crippen LogP contribution in [0, 0.1) is 18.8 Å². The van der Waals surface area contributed by atoms with Crippen LogP contribution in [0.5, 0.6) is 0 Å². The summed E-state index contributed by atoms with van der Waals surface area (Å²) in [6.45, 7) is 6.19. The summed E-state index contributed by atoms with van der Waals surface area (Å²) >= 11 is 0. The van der Waals surface area contributed by atoms with E-state index in [1.54, 1.807) is 0 Å². The third-order valence-electron chi connectivity index (χ3n) is 3.34. The minimum Gasteiger partial charge on any atom is -0.481 e. The van der Waals surface area contributed by atoms with Gasteiger partial charge >= 0.3 is 5.97 Å². The highest BCUT2D eigenvalue weighted by Gasteiger charge is 2.34. The highest BCUT2D eigenvalue weighted by molar-refractivity contribution is 5.71. The van der Waals surface area contributed by atoms with E-state index in [1.807, 2.05) is 32.0 Å². The molecule has 1 aromatic heterocycles. The van der Waals surface area contributed by atoms with Crippen molar-refractivity contribution in [1.82, 2.24) is 9.88 Å². The van der Waals surface area contributed by atoms with E-state index < -0.39 is 5.97 Å². The van der Waals surface area contributed by atoms with E-state index in [9.17, 15) is 4.79 Å². The second-order valence-corrected chi connectivity index (χ2v) is 4.89. The summed E-state index contributed by atoms with van der Waals surface area (Å²) in [5, 5.41) is 9.07. The number of rotatable bonds is 3. The molecule has 1 saturated heterocycles. The van der Waals surface area contributed by atoms with Gasteiger partial charge in [0, 0.05) is 25.3 Å². The lowest BCUT2D eigenvalue weighted by Crippen LogP contribution is -2.23. The summed E-state index contributed by atoms with van der Waals surface area (Å²) in [5.74, 6) is -0.700. The van der Waals surface area contributed by atoms with Crippen LogP contribution in [-0.4, -0.2) is 34.0 Å². The topological polar surface area (TPSA) is 53.4 Å². The van der Waals surface area contributed by atoms with Crippen LogP contribution in [0.2, 0.25) is 0 Å². The average Bonchev–Trinajstić information content (AvgIpc) is 2.59. The molecule has 2 heterocycles. The summed E-state index contributed by atoms with van der Waals surface area (Å²) in [6, 6.07) is 5.95. The van der Waals surface area contributed by atoms with E-state index >= 15 is 0 Å². The lowest BCUT2D eigenvalue weighted by Gasteiger charge is -2.14. The zero-order valence-corrected chi connectivity index (χ0v) is 10.3. The number of carbonyl (C=O) groups is 1. The van der Waals surface area contributed by atoms with E-state index in [0.29, 0.717) is 6.54 Å². The molecule has 92 valence electrons. The van der Waals surface area contributed by atoms with Crippen LogP contribution in [0.3, 0.4) is 0 Å². The Bertz CT molecular complexity index is 420. The number of pyridine rings is 1. The van der Waals surface area contributed by atoms with Gasteiger partial charge in [-0.2, -0.15) is 0 Å². The molecule has 1 aliphatic rings. The van der Waals surface area contributed by atoms with E-state index in [-0.39, 0.29) is 11.8 Å². The quantitative estimate of drug-likeness (QED) is 0.862. The van der Waals surface area contributed by atoms with E-state index in [2.05, 4.69) is 9.88 Å². The first-order valence-electron chi connectivity index (χ1n) is 5.94. The monoisotopic (exact) mass is 234 g/mol. The number of carboxylic acids is 1. The number of nitrogens with zero attached hydrogens (tertiary/aromatic N) is 2.